The van der Waals surface area contributed by atoms with Crippen LogP contribution in [-0.4, -0.2) is 33.1 Å². The molecule has 0 aliphatic heterocycles. The normalized spacial score (nSPS) is 19.5. The van der Waals surface area contributed by atoms with Crippen molar-refractivity contribution in [3.8, 4) is 0 Å². The van der Waals surface area contributed by atoms with Crippen LogP contribution >= 0.6 is 0 Å². The fourth-order valence-electron chi connectivity index (χ4n) is 3.42. The SMILES string of the molecule is CC(C)(C)COCCCS(=O)(=O)CC1(C(C)(C)C)CCCC1. The third kappa shape index (κ3) is 6.19. The third-order valence-corrected chi connectivity index (χ3v) is 6.83. The van der Waals surface area contributed by atoms with Crippen LogP contribution < -0.4 is 0 Å². The molecule has 1 saturated carbocycles. The summed E-state index contributed by atoms with van der Waals surface area (Å²) in [5.74, 6) is 0.609. The largest absolute Gasteiger partial charge is 0.381 e. The second kappa shape index (κ2) is 7.21. The Morgan fingerprint density at radius 1 is 1.00 bits per heavy atom. The molecule has 22 heavy (non-hydrogen) atoms. The van der Waals surface area contributed by atoms with Crippen molar-refractivity contribution in [3.63, 3.8) is 0 Å². The molecule has 1 fully saturated rings. The number of hydrogen-bond acceptors (Lipinski definition) is 3. The molecule has 0 aromatic carbocycles. The van der Waals surface area contributed by atoms with Gasteiger partial charge in [-0.3, -0.25) is 0 Å². The summed E-state index contributed by atoms with van der Waals surface area (Å²) in [6, 6.07) is 0. The maximum Gasteiger partial charge on any atom is 0.150 e. The summed E-state index contributed by atoms with van der Waals surface area (Å²) >= 11 is 0. The van der Waals surface area contributed by atoms with Crippen molar-refractivity contribution < 1.29 is 13.2 Å². The van der Waals surface area contributed by atoms with E-state index in [0.717, 1.165) is 12.8 Å². The average molecular weight is 333 g/mol. The standard InChI is InChI=1S/C18H36O3S/c1-16(2,3)14-21-12-9-13-22(19,20)15-18(17(4,5)6)10-7-8-11-18/h7-15H2,1-6H3. The Kier molecular flexibility index (Phi) is 6.54. The highest BCUT2D eigenvalue weighted by atomic mass is 32.2. The van der Waals surface area contributed by atoms with E-state index in [4.69, 9.17) is 4.74 Å². The fourth-order valence-corrected chi connectivity index (χ4v) is 5.68. The van der Waals surface area contributed by atoms with Gasteiger partial charge in [-0.2, -0.15) is 0 Å². The molecule has 1 aliphatic carbocycles. The Morgan fingerprint density at radius 3 is 2.00 bits per heavy atom. The van der Waals surface area contributed by atoms with Crippen molar-refractivity contribution in [3.05, 3.63) is 0 Å². The summed E-state index contributed by atoms with van der Waals surface area (Å²) in [4.78, 5) is 0. The zero-order valence-electron chi connectivity index (χ0n) is 15.5. The molecule has 0 heterocycles. The molecule has 3 nitrogen and oxygen atoms in total. The van der Waals surface area contributed by atoms with E-state index in [1.807, 2.05) is 0 Å². The first-order valence-electron chi connectivity index (χ1n) is 8.65. The number of rotatable bonds is 7. The number of ether oxygens (including phenoxy) is 1. The van der Waals surface area contributed by atoms with Gasteiger partial charge in [0.1, 0.15) is 0 Å². The molecule has 132 valence electrons. The summed E-state index contributed by atoms with van der Waals surface area (Å²) in [6.45, 7) is 14.2. The minimum atomic E-state index is -3.00. The number of hydrogen-bond donors (Lipinski definition) is 0. The topological polar surface area (TPSA) is 43.4 Å². The Labute approximate surface area is 138 Å². The van der Waals surface area contributed by atoms with Gasteiger partial charge < -0.3 is 4.74 Å². The van der Waals surface area contributed by atoms with E-state index in [9.17, 15) is 8.42 Å². The minimum absolute atomic E-state index is 0.0297. The van der Waals surface area contributed by atoms with Crippen LogP contribution in [0.25, 0.3) is 0 Å². The second-order valence-electron chi connectivity index (χ2n) is 9.30. The summed E-state index contributed by atoms with van der Waals surface area (Å²) in [5, 5.41) is 0. The zero-order valence-corrected chi connectivity index (χ0v) is 16.3. The van der Waals surface area contributed by atoms with Crippen LogP contribution in [0.1, 0.15) is 73.6 Å². The molecule has 0 spiro atoms. The lowest BCUT2D eigenvalue weighted by Crippen LogP contribution is -2.40. The first-order chi connectivity index (χ1) is 9.87. The monoisotopic (exact) mass is 332 g/mol. The number of sulfone groups is 1. The van der Waals surface area contributed by atoms with E-state index in [0.29, 0.717) is 25.4 Å². The van der Waals surface area contributed by atoms with Gasteiger partial charge in [0.15, 0.2) is 9.84 Å². The molecule has 1 rings (SSSR count). The molecule has 0 bridgehead atoms. The van der Waals surface area contributed by atoms with Crippen LogP contribution in [0.3, 0.4) is 0 Å². The molecule has 0 atom stereocenters. The van der Waals surface area contributed by atoms with Crippen molar-refractivity contribution in [2.75, 3.05) is 24.7 Å². The summed E-state index contributed by atoms with van der Waals surface area (Å²) in [5.41, 5.74) is 0.163. The van der Waals surface area contributed by atoms with Crippen LogP contribution in [0.15, 0.2) is 0 Å². The average Bonchev–Trinajstić information content (AvgIpc) is 2.75. The van der Waals surface area contributed by atoms with Gasteiger partial charge in [0.2, 0.25) is 0 Å². The van der Waals surface area contributed by atoms with Crippen molar-refractivity contribution in [1.82, 2.24) is 0 Å². The molecule has 4 heteroatoms. The van der Waals surface area contributed by atoms with E-state index in [2.05, 4.69) is 41.5 Å². The predicted molar refractivity (Wildman–Crippen MR) is 93.9 cm³/mol. The Morgan fingerprint density at radius 2 is 1.55 bits per heavy atom. The molecule has 0 amide bonds. The van der Waals surface area contributed by atoms with E-state index in [-0.39, 0.29) is 22.0 Å². The second-order valence-corrected chi connectivity index (χ2v) is 11.5. The Bertz CT molecular complexity index is 432. The summed E-state index contributed by atoms with van der Waals surface area (Å²) in [6.07, 6.45) is 5.05. The van der Waals surface area contributed by atoms with Gasteiger partial charge in [-0.1, -0.05) is 54.4 Å². The van der Waals surface area contributed by atoms with Gasteiger partial charge in [-0.25, -0.2) is 8.42 Å². The quantitative estimate of drug-likeness (QED) is 0.646. The molecule has 0 saturated heterocycles. The highest BCUT2D eigenvalue weighted by Gasteiger charge is 2.46. The van der Waals surface area contributed by atoms with E-state index < -0.39 is 9.84 Å². The van der Waals surface area contributed by atoms with Crippen molar-refractivity contribution >= 4 is 9.84 Å². The lowest BCUT2D eigenvalue weighted by atomic mass is 9.67. The third-order valence-electron chi connectivity index (χ3n) is 4.93. The van der Waals surface area contributed by atoms with Gasteiger partial charge >= 0.3 is 0 Å². The Balaban J connectivity index is 2.49. The molecule has 1 aliphatic rings. The van der Waals surface area contributed by atoms with Crippen LogP contribution in [0.5, 0.6) is 0 Å². The highest BCUT2D eigenvalue weighted by Crippen LogP contribution is 2.51. The van der Waals surface area contributed by atoms with E-state index in [1.165, 1.54) is 12.8 Å². The van der Waals surface area contributed by atoms with Gasteiger partial charge in [0, 0.05) is 6.61 Å². The van der Waals surface area contributed by atoms with E-state index >= 15 is 0 Å². The molecular formula is C18H36O3S. The molecule has 0 radical (unpaired) electrons. The van der Waals surface area contributed by atoms with Gasteiger partial charge in [-0.05, 0) is 35.5 Å². The molecule has 0 aromatic rings. The Hall–Kier alpha value is -0.0900. The first kappa shape index (κ1) is 20.0. The lowest BCUT2D eigenvalue weighted by Gasteiger charge is -2.42. The van der Waals surface area contributed by atoms with Gasteiger partial charge in [0.05, 0.1) is 18.1 Å². The van der Waals surface area contributed by atoms with Gasteiger partial charge in [0.25, 0.3) is 0 Å². The molecular weight excluding hydrogens is 296 g/mol. The van der Waals surface area contributed by atoms with Crippen LogP contribution in [0.2, 0.25) is 0 Å². The summed E-state index contributed by atoms with van der Waals surface area (Å²) in [7, 11) is -3.00. The van der Waals surface area contributed by atoms with E-state index in [1.54, 1.807) is 0 Å². The van der Waals surface area contributed by atoms with Crippen LogP contribution in [0, 0.1) is 16.2 Å². The maximum atomic E-state index is 12.5. The van der Waals surface area contributed by atoms with Gasteiger partial charge in [-0.15, -0.1) is 0 Å². The van der Waals surface area contributed by atoms with Crippen molar-refractivity contribution in [1.29, 1.82) is 0 Å². The smallest absolute Gasteiger partial charge is 0.150 e. The molecule has 0 aromatic heterocycles. The van der Waals surface area contributed by atoms with Crippen molar-refractivity contribution in [2.45, 2.75) is 73.6 Å². The molecule has 0 unspecified atom stereocenters. The van der Waals surface area contributed by atoms with Crippen molar-refractivity contribution in [2.24, 2.45) is 16.2 Å². The minimum Gasteiger partial charge on any atom is -0.381 e. The zero-order chi connectivity index (χ0) is 17.1. The summed E-state index contributed by atoms with van der Waals surface area (Å²) < 4.78 is 30.7. The molecule has 0 N–H and O–H groups in total. The van der Waals surface area contributed by atoms with Crippen LogP contribution in [-0.2, 0) is 14.6 Å². The lowest BCUT2D eigenvalue weighted by molar-refractivity contribution is 0.0719. The first-order valence-corrected chi connectivity index (χ1v) is 10.5. The predicted octanol–water partition coefficient (Wildman–Crippen LogP) is 4.46. The van der Waals surface area contributed by atoms with Crippen LogP contribution in [0.4, 0.5) is 0 Å². The fraction of sp³-hybridized carbons (Fsp3) is 1.00. The highest BCUT2D eigenvalue weighted by molar-refractivity contribution is 7.91. The maximum absolute atomic E-state index is 12.5.